The van der Waals surface area contributed by atoms with Gasteiger partial charge in [-0.1, -0.05) is 18.2 Å². The molecule has 1 aliphatic rings. The molecule has 4 nitrogen and oxygen atoms in total. The van der Waals surface area contributed by atoms with Gasteiger partial charge in [0.2, 0.25) is 0 Å². The Balaban J connectivity index is 2.02. The zero-order valence-corrected chi connectivity index (χ0v) is 21.8. The number of thiol groups is 2. The number of fused-ring (bicyclic) bond motifs is 3. The Labute approximate surface area is 210 Å². The molecule has 3 aromatic rings. The lowest BCUT2D eigenvalue weighted by Gasteiger charge is -2.44. The fraction of sp³-hybridized carbons (Fsp3) is 0.346. The smallest absolute Gasteiger partial charge is 0.328 e. The third kappa shape index (κ3) is 4.99. The van der Waals surface area contributed by atoms with Crippen LogP contribution in [0.25, 0.3) is 17.0 Å². The van der Waals surface area contributed by atoms with Crippen LogP contribution in [0.3, 0.4) is 0 Å². The number of carbonyl (C=O) groups is 1. The van der Waals surface area contributed by atoms with Crippen LogP contribution in [0.1, 0.15) is 49.2 Å². The normalized spacial score (nSPS) is 20.4. The van der Waals surface area contributed by atoms with Crippen molar-refractivity contribution in [2.24, 2.45) is 0 Å². The molecule has 2 aromatic carbocycles. The molecule has 4 rings (SSSR count). The molecule has 1 N–H and O–H groups in total. The van der Waals surface area contributed by atoms with Gasteiger partial charge in [-0.2, -0.15) is 0 Å². The van der Waals surface area contributed by atoms with Gasteiger partial charge in [0, 0.05) is 29.6 Å². The van der Waals surface area contributed by atoms with Gasteiger partial charge in [0.25, 0.3) is 0 Å². The average molecular weight is 523 g/mol. The zero-order valence-electron chi connectivity index (χ0n) is 20.0. The lowest BCUT2D eigenvalue weighted by molar-refractivity contribution is -0.131. The van der Waals surface area contributed by atoms with Crippen LogP contribution in [-0.4, -0.2) is 44.5 Å². The number of aromatic nitrogens is 1. The van der Waals surface area contributed by atoms with Crippen molar-refractivity contribution in [3.8, 4) is 0 Å². The second-order valence-electron chi connectivity index (χ2n) is 9.60. The van der Waals surface area contributed by atoms with E-state index in [1.54, 1.807) is 0 Å². The summed E-state index contributed by atoms with van der Waals surface area (Å²) in [6.45, 7) is 4.84. The predicted octanol–water partition coefficient (Wildman–Crippen LogP) is 6.34. The van der Waals surface area contributed by atoms with E-state index in [0.29, 0.717) is 6.42 Å². The summed E-state index contributed by atoms with van der Waals surface area (Å²) in [5, 5.41) is 9.88. The van der Waals surface area contributed by atoms with Gasteiger partial charge >= 0.3 is 5.97 Å². The van der Waals surface area contributed by atoms with Crippen molar-refractivity contribution in [3.63, 3.8) is 0 Å². The average Bonchev–Trinajstić information content (AvgIpc) is 3.07. The number of alkyl halides is 1. The van der Waals surface area contributed by atoms with Crippen molar-refractivity contribution >= 4 is 44.7 Å². The Kier molecular flexibility index (Phi) is 7.05. The number of carboxylic acid groups (broad SMARTS) is 1. The first-order valence-electron chi connectivity index (χ1n) is 11.3. The zero-order chi connectivity index (χ0) is 25.7. The third-order valence-electron chi connectivity index (χ3n) is 6.29. The molecule has 0 aliphatic carbocycles. The van der Waals surface area contributed by atoms with E-state index >= 15 is 13.2 Å². The van der Waals surface area contributed by atoms with Crippen LogP contribution >= 0.6 is 21.8 Å². The summed E-state index contributed by atoms with van der Waals surface area (Å²) in [4.78, 5) is 12.7. The van der Waals surface area contributed by atoms with Gasteiger partial charge in [-0.15, -0.1) is 21.8 Å². The molecule has 35 heavy (non-hydrogen) atoms. The van der Waals surface area contributed by atoms with Gasteiger partial charge in [-0.05, 0) is 68.8 Å². The number of carboxylic acids is 1. The van der Waals surface area contributed by atoms with E-state index in [2.05, 4.69) is 0 Å². The molecule has 0 spiro atoms. The number of hydrogen-bond acceptors (Lipinski definition) is 3. The van der Waals surface area contributed by atoms with Crippen molar-refractivity contribution in [1.29, 1.82) is 0 Å². The molecule has 0 amide bonds. The van der Waals surface area contributed by atoms with Gasteiger partial charge in [-0.3, -0.25) is 8.87 Å². The molecular formula is C26H29F3N2O2S2. The van der Waals surface area contributed by atoms with E-state index in [1.807, 2.05) is 46.3 Å². The standard InChI is InChI=1S/C26H29F3N2O2S2/c1-15-11-18-17-7-5-6-8-21(17)31(35(4)34)24(18)25(30(15)14-26(2,3)29)23-19(27)12-16(13-20(23)28)9-10-22(32)33/h5-10,12-13,15,25,34-35H,11,14H2,1-4H3,(H,32,33)/b10-9+/t15-,25-/m1/s1. The van der Waals surface area contributed by atoms with Crippen molar-refractivity contribution in [3.05, 3.63) is 76.5 Å². The van der Waals surface area contributed by atoms with Gasteiger partial charge in [0.05, 0.1) is 17.3 Å². The minimum Gasteiger partial charge on any atom is -0.478 e. The SMILES string of the molecule is C[C@@H]1Cc2c(n([SH](C)S)c3ccccc23)[C@@H](c2c(F)cc(/C=C/C(=O)O)cc2F)N1CC(C)(C)F. The second kappa shape index (κ2) is 9.59. The number of hydrogen-bond donors (Lipinski definition) is 3. The second-order valence-corrected chi connectivity index (χ2v) is 12.7. The first kappa shape index (κ1) is 25.7. The first-order chi connectivity index (χ1) is 16.4. The summed E-state index contributed by atoms with van der Waals surface area (Å²) >= 11 is 4.75. The monoisotopic (exact) mass is 522 g/mol. The maximum atomic E-state index is 15.7. The highest BCUT2D eigenvalue weighted by molar-refractivity contribution is 8.77. The lowest BCUT2D eigenvalue weighted by Crippen LogP contribution is -2.48. The summed E-state index contributed by atoms with van der Waals surface area (Å²) in [5.41, 5.74) is 0.966. The number of rotatable bonds is 6. The molecule has 1 unspecified atom stereocenters. The van der Waals surface area contributed by atoms with E-state index in [9.17, 15) is 4.79 Å². The van der Waals surface area contributed by atoms with Crippen LogP contribution in [0, 0.1) is 11.6 Å². The number of nitrogens with zero attached hydrogens (tertiary/aromatic N) is 2. The Bertz CT molecular complexity index is 1290. The van der Waals surface area contributed by atoms with Crippen LogP contribution < -0.4 is 0 Å². The topological polar surface area (TPSA) is 45.5 Å². The van der Waals surface area contributed by atoms with Crippen molar-refractivity contribution in [2.75, 3.05) is 12.8 Å². The molecule has 0 saturated carbocycles. The highest BCUT2D eigenvalue weighted by atomic mass is 33.1. The highest BCUT2D eigenvalue weighted by Gasteiger charge is 2.42. The highest BCUT2D eigenvalue weighted by Crippen LogP contribution is 2.49. The molecule has 9 heteroatoms. The number of aliphatic carboxylic acids is 1. The van der Waals surface area contributed by atoms with Crippen LogP contribution in [-0.2, 0) is 11.2 Å². The van der Waals surface area contributed by atoms with Crippen molar-refractivity contribution in [2.45, 2.75) is 44.9 Å². The molecule has 3 atom stereocenters. The summed E-state index contributed by atoms with van der Waals surface area (Å²) in [6, 6.07) is 9.01. The third-order valence-corrected chi connectivity index (χ3v) is 7.84. The number of para-hydroxylation sites is 1. The fourth-order valence-corrected chi connectivity index (χ4v) is 6.66. The maximum Gasteiger partial charge on any atom is 0.328 e. The van der Waals surface area contributed by atoms with Crippen LogP contribution in [0.4, 0.5) is 13.2 Å². The van der Waals surface area contributed by atoms with Crippen molar-refractivity contribution < 1.29 is 23.1 Å². The molecule has 0 radical (unpaired) electrons. The quantitative estimate of drug-likeness (QED) is 0.201. The van der Waals surface area contributed by atoms with E-state index < -0.39 is 39.4 Å². The molecule has 188 valence electrons. The summed E-state index contributed by atoms with van der Waals surface area (Å²) in [5.74, 6) is -2.83. The van der Waals surface area contributed by atoms with E-state index in [1.165, 1.54) is 13.8 Å². The fourth-order valence-electron chi connectivity index (χ4n) is 5.05. The molecule has 1 aromatic heterocycles. The molecule has 0 fully saturated rings. The van der Waals surface area contributed by atoms with Crippen molar-refractivity contribution in [1.82, 2.24) is 8.87 Å². The number of halogens is 3. The molecule has 1 aliphatic heterocycles. The van der Waals surface area contributed by atoms with Gasteiger partial charge < -0.3 is 5.11 Å². The van der Waals surface area contributed by atoms with Crippen LogP contribution in [0.15, 0.2) is 42.5 Å². The lowest BCUT2D eigenvalue weighted by atomic mass is 9.87. The summed E-state index contributed by atoms with van der Waals surface area (Å²) in [6.07, 6.45) is 4.53. The minimum atomic E-state index is -1.60. The molecule has 2 heterocycles. The van der Waals surface area contributed by atoms with E-state index in [0.717, 1.165) is 46.4 Å². The van der Waals surface area contributed by atoms with Crippen LogP contribution in [0.2, 0.25) is 0 Å². The van der Waals surface area contributed by atoms with E-state index in [4.69, 9.17) is 16.8 Å². The molecular weight excluding hydrogens is 493 g/mol. The molecule has 0 bridgehead atoms. The molecule has 0 saturated heterocycles. The maximum absolute atomic E-state index is 15.7. The Morgan fingerprint density at radius 3 is 2.46 bits per heavy atom. The summed E-state index contributed by atoms with van der Waals surface area (Å²) < 4.78 is 48.4. The van der Waals surface area contributed by atoms with Gasteiger partial charge in [-0.25, -0.2) is 18.0 Å². The Morgan fingerprint density at radius 1 is 1.26 bits per heavy atom. The Morgan fingerprint density at radius 2 is 1.89 bits per heavy atom. The van der Waals surface area contributed by atoms with Crippen LogP contribution in [0.5, 0.6) is 0 Å². The van der Waals surface area contributed by atoms with Gasteiger partial charge in [0.1, 0.15) is 17.3 Å². The largest absolute Gasteiger partial charge is 0.478 e. The van der Waals surface area contributed by atoms with E-state index in [-0.39, 0.29) is 23.7 Å². The summed E-state index contributed by atoms with van der Waals surface area (Å²) in [7, 11) is -1.03. The van der Waals surface area contributed by atoms with Gasteiger partial charge in [0.15, 0.2) is 0 Å². The number of benzene rings is 2. The predicted molar refractivity (Wildman–Crippen MR) is 141 cm³/mol. The minimum absolute atomic E-state index is 0.0203. The Hall–Kier alpha value is -2.36. The first-order valence-corrected chi connectivity index (χ1v) is 14.2.